The summed E-state index contributed by atoms with van der Waals surface area (Å²) in [7, 11) is 0. The summed E-state index contributed by atoms with van der Waals surface area (Å²) in [5.41, 5.74) is 0.212. The van der Waals surface area contributed by atoms with Crippen molar-refractivity contribution >= 4 is 17.6 Å². The molecule has 1 aromatic carbocycles. The van der Waals surface area contributed by atoms with E-state index in [1.54, 1.807) is 0 Å². The maximum absolute atomic E-state index is 12.6. The van der Waals surface area contributed by atoms with Gasteiger partial charge in [-0.1, -0.05) is 30.3 Å². The normalized spacial score (nSPS) is 11.1. The van der Waals surface area contributed by atoms with Crippen LogP contribution in [0.3, 0.4) is 0 Å². The van der Waals surface area contributed by atoms with Crippen LogP contribution in [0.25, 0.3) is 11.1 Å². The van der Waals surface area contributed by atoms with Crippen molar-refractivity contribution < 1.29 is 27.8 Å². The van der Waals surface area contributed by atoms with E-state index >= 15 is 0 Å². The van der Waals surface area contributed by atoms with Gasteiger partial charge in [0.25, 0.3) is 0 Å². The second-order valence-electron chi connectivity index (χ2n) is 4.40. The van der Waals surface area contributed by atoms with Gasteiger partial charge in [0, 0.05) is 10.6 Å². The molecule has 4 nitrogen and oxygen atoms in total. The highest BCUT2D eigenvalue weighted by molar-refractivity contribution is 6.30. The third-order valence-corrected chi connectivity index (χ3v) is 3.04. The van der Waals surface area contributed by atoms with Gasteiger partial charge in [-0.3, -0.25) is 0 Å². The number of carboxylic acid groups (broad SMARTS) is 1. The van der Waals surface area contributed by atoms with Crippen molar-refractivity contribution in [3.05, 3.63) is 59.6 Å². The number of aromatic carboxylic acids is 1. The highest BCUT2D eigenvalue weighted by Crippen LogP contribution is 2.34. The van der Waals surface area contributed by atoms with Crippen molar-refractivity contribution in [3.63, 3.8) is 0 Å². The van der Waals surface area contributed by atoms with E-state index in [1.165, 1.54) is 24.3 Å². The fourth-order valence-corrected chi connectivity index (χ4v) is 1.81. The summed E-state index contributed by atoms with van der Waals surface area (Å²) in [6.07, 6.45) is -3.84. The second kappa shape index (κ2) is 6.29. The predicted octanol–water partition coefficient (Wildman–Crippen LogP) is 4.56. The zero-order chi connectivity index (χ0) is 17.2. The van der Waals surface area contributed by atoms with Crippen molar-refractivity contribution in [1.82, 2.24) is 4.98 Å². The minimum Gasteiger partial charge on any atom is -0.477 e. The summed E-state index contributed by atoms with van der Waals surface area (Å²) >= 11 is 5.76. The fraction of sp³-hybridized carbons (Fsp3) is 0.0667. The number of nitrogens with zero attached hydrogens (tertiary/aromatic N) is 1. The number of halogens is 4. The Bertz CT molecular complexity index is 758. The number of carbonyl (C=O) groups is 1. The molecule has 120 valence electrons. The summed E-state index contributed by atoms with van der Waals surface area (Å²) in [6.45, 7) is 2.82. The van der Waals surface area contributed by atoms with Gasteiger partial charge in [0.1, 0.15) is 5.69 Å². The summed E-state index contributed by atoms with van der Waals surface area (Å²) in [4.78, 5) is 14.6. The molecule has 0 fully saturated rings. The van der Waals surface area contributed by atoms with Gasteiger partial charge in [0.2, 0.25) is 5.76 Å². The predicted molar refractivity (Wildman–Crippen MR) is 77.5 cm³/mol. The molecule has 2 aromatic rings. The average Bonchev–Trinajstić information content (AvgIpc) is 2.47. The van der Waals surface area contributed by atoms with Gasteiger partial charge in [-0.2, -0.15) is 13.2 Å². The van der Waals surface area contributed by atoms with E-state index in [2.05, 4.69) is 11.6 Å². The lowest BCUT2D eigenvalue weighted by atomic mass is 10.1. The number of hydrogen-bond acceptors (Lipinski definition) is 3. The van der Waals surface area contributed by atoms with Gasteiger partial charge in [-0.05, 0) is 23.8 Å². The Morgan fingerprint density at radius 1 is 1.26 bits per heavy atom. The third kappa shape index (κ3) is 4.01. The number of carboxylic acids is 1. The molecule has 0 spiro atoms. The molecule has 1 N–H and O–H groups in total. The highest BCUT2D eigenvalue weighted by Gasteiger charge is 2.35. The molecule has 0 saturated carbocycles. The van der Waals surface area contributed by atoms with Crippen LogP contribution < -0.4 is 4.74 Å². The molecule has 0 bridgehead atoms. The standard InChI is InChI=1S/C15H9ClF3NO3/c1-8(15(17,18)19)23-13-7-20-12(14(21)22)6-11(13)9-2-4-10(16)5-3-9/h2-7H,1H2,(H,21,22). The molecule has 0 amide bonds. The SMILES string of the molecule is C=C(Oc1cnc(C(=O)O)cc1-c1ccc(Cl)cc1)C(F)(F)F. The molecular weight excluding hydrogens is 335 g/mol. The molecule has 2 rings (SSSR count). The van der Waals surface area contributed by atoms with Crippen LogP contribution in [0.5, 0.6) is 5.75 Å². The minimum atomic E-state index is -4.75. The second-order valence-corrected chi connectivity index (χ2v) is 4.84. The van der Waals surface area contributed by atoms with E-state index in [-0.39, 0.29) is 17.0 Å². The van der Waals surface area contributed by atoms with E-state index in [4.69, 9.17) is 21.4 Å². The number of ether oxygens (including phenoxy) is 1. The molecule has 1 heterocycles. The minimum absolute atomic E-state index is 0.125. The first kappa shape index (κ1) is 16.8. The number of allylic oxidation sites excluding steroid dienone is 1. The van der Waals surface area contributed by atoms with E-state index < -0.39 is 17.9 Å². The molecule has 1 aromatic heterocycles. The van der Waals surface area contributed by atoms with Gasteiger partial charge in [0.05, 0.1) is 6.20 Å². The summed E-state index contributed by atoms with van der Waals surface area (Å²) in [5, 5.41) is 9.40. The van der Waals surface area contributed by atoms with Crippen LogP contribution in [-0.2, 0) is 0 Å². The molecule has 0 unspecified atom stereocenters. The van der Waals surface area contributed by atoms with Gasteiger partial charge < -0.3 is 9.84 Å². The van der Waals surface area contributed by atoms with Crippen LogP contribution in [0.15, 0.2) is 48.9 Å². The summed E-state index contributed by atoms with van der Waals surface area (Å²) in [5.74, 6) is -3.02. The van der Waals surface area contributed by atoms with Crippen molar-refractivity contribution in [2.75, 3.05) is 0 Å². The topological polar surface area (TPSA) is 59.4 Å². The number of aromatic nitrogens is 1. The highest BCUT2D eigenvalue weighted by atomic mass is 35.5. The number of alkyl halides is 3. The molecule has 0 aliphatic rings. The summed E-state index contributed by atoms with van der Waals surface area (Å²) in [6, 6.07) is 7.18. The molecule has 23 heavy (non-hydrogen) atoms. The maximum Gasteiger partial charge on any atom is 0.448 e. The lowest BCUT2D eigenvalue weighted by Gasteiger charge is -2.15. The zero-order valence-electron chi connectivity index (χ0n) is 11.4. The van der Waals surface area contributed by atoms with Gasteiger partial charge in [-0.15, -0.1) is 0 Å². The van der Waals surface area contributed by atoms with Crippen molar-refractivity contribution in [3.8, 4) is 16.9 Å². The number of rotatable bonds is 4. The van der Waals surface area contributed by atoms with Crippen LogP contribution in [0.4, 0.5) is 13.2 Å². The molecule has 0 radical (unpaired) electrons. The van der Waals surface area contributed by atoms with E-state index in [0.29, 0.717) is 10.6 Å². The lowest BCUT2D eigenvalue weighted by molar-refractivity contribution is -0.115. The molecule has 0 saturated heterocycles. The van der Waals surface area contributed by atoms with Crippen LogP contribution in [0, 0.1) is 0 Å². The van der Waals surface area contributed by atoms with Gasteiger partial charge in [-0.25, -0.2) is 9.78 Å². The first-order valence-corrected chi connectivity index (χ1v) is 6.49. The molecule has 0 atom stereocenters. The number of hydrogen-bond donors (Lipinski definition) is 1. The van der Waals surface area contributed by atoms with Gasteiger partial charge >= 0.3 is 12.1 Å². The first-order valence-electron chi connectivity index (χ1n) is 6.11. The summed E-state index contributed by atoms with van der Waals surface area (Å²) < 4.78 is 42.4. The molecular formula is C15H9ClF3NO3. The lowest BCUT2D eigenvalue weighted by Crippen LogP contribution is -2.16. The van der Waals surface area contributed by atoms with E-state index in [0.717, 1.165) is 12.3 Å². The quantitative estimate of drug-likeness (QED) is 0.827. The number of benzene rings is 1. The van der Waals surface area contributed by atoms with Crippen LogP contribution in [-0.4, -0.2) is 22.2 Å². The Morgan fingerprint density at radius 2 is 1.87 bits per heavy atom. The Hall–Kier alpha value is -2.54. The van der Waals surface area contributed by atoms with Crippen LogP contribution in [0.1, 0.15) is 10.5 Å². The van der Waals surface area contributed by atoms with Crippen molar-refractivity contribution in [1.29, 1.82) is 0 Å². The largest absolute Gasteiger partial charge is 0.477 e. The molecule has 8 heteroatoms. The maximum atomic E-state index is 12.6. The Labute approximate surface area is 133 Å². The number of pyridine rings is 1. The van der Waals surface area contributed by atoms with E-state index in [9.17, 15) is 18.0 Å². The molecule has 0 aliphatic heterocycles. The molecule has 0 aliphatic carbocycles. The average molecular weight is 344 g/mol. The van der Waals surface area contributed by atoms with Crippen LogP contribution >= 0.6 is 11.6 Å². The Balaban J connectivity index is 2.51. The zero-order valence-corrected chi connectivity index (χ0v) is 12.1. The Kier molecular flexibility index (Phi) is 4.60. The van der Waals surface area contributed by atoms with Gasteiger partial charge in [0.15, 0.2) is 5.75 Å². The van der Waals surface area contributed by atoms with Crippen LogP contribution in [0.2, 0.25) is 5.02 Å². The van der Waals surface area contributed by atoms with Crippen molar-refractivity contribution in [2.24, 2.45) is 0 Å². The monoisotopic (exact) mass is 343 g/mol. The third-order valence-electron chi connectivity index (χ3n) is 2.79. The fourth-order valence-electron chi connectivity index (χ4n) is 1.69. The Morgan fingerprint density at radius 3 is 2.39 bits per heavy atom. The van der Waals surface area contributed by atoms with Crippen molar-refractivity contribution in [2.45, 2.75) is 6.18 Å². The van der Waals surface area contributed by atoms with E-state index in [1.807, 2.05) is 0 Å². The smallest absolute Gasteiger partial charge is 0.448 e. The first-order chi connectivity index (χ1) is 10.7.